The van der Waals surface area contributed by atoms with Crippen LogP contribution in [0.4, 0.5) is 0 Å². The Hall–Kier alpha value is -5.92. The fraction of sp³-hybridized carbons (Fsp3) is 0.217. The molecule has 0 bridgehead atoms. The number of hydrogen-bond acceptors (Lipinski definition) is 5. The molecule has 53 heavy (non-hydrogen) atoms. The Bertz CT molecular complexity index is 2610. The van der Waals surface area contributed by atoms with E-state index in [-0.39, 0.29) is 0 Å². The summed E-state index contributed by atoms with van der Waals surface area (Å²) in [6.45, 7) is 6.15. The van der Waals surface area contributed by atoms with Gasteiger partial charge in [0.25, 0.3) is 0 Å². The van der Waals surface area contributed by atoms with Gasteiger partial charge in [-0.15, -0.1) is 0 Å². The molecule has 0 N–H and O–H groups in total. The highest BCUT2D eigenvalue weighted by Gasteiger charge is 2.18. The van der Waals surface area contributed by atoms with Gasteiger partial charge in [-0.2, -0.15) is 10.2 Å². The molecule has 5 heterocycles. The zero-order valence-electron chi connectivity index (χ0n) is 30.6. The number of pyridine rings is 2. The third-order valence-electron chi connectivity index (χ3n) is 10.8. The van der Waals surface area contributed by atoms with Crippen LogP contribution in [0.5, 0.6) is 0 Å². The predicted molar refractivity (Wildman–Crippen MR) is 215 cm³/mol. The monoisotopic (exact) mass is 693 g/mol. The minimum atomic E-state index is 0.860. The lowest BCUT2D eigenvalue weighted by atomic mass is 9.86. The minimum absolute atomic E-state index is 0.860. The Morgan fingerprint density at radius 1 is 0.528 bits per heavy atom. The number of fused-ring (bicyclic) bond motifs is 4. The van der Waals surface area contributed by atoms with Crippen molar-refractivity contribution >= 4 is 21.8 Å². The van der Waals surface area contributed by atoms with Crippen LogP contribution in [0.15, 0.2) is 122 Å². The standard InChI is InChI=1S/C23H22N4.C23H21N3/c1-16-5-3-8-23(25-16)27-22-13-17(9-10-18(22)14-24-27)20-7-4-6-19-15-26(2)12-11-21(19)20;1-16-6-4-11-23(25-16)26-22-14-18(12-13-19(22)15-24-26)21-10-5-8-17-7-2-3-9-20(17)21/h3-10,13-14H,11-12,15H2,1-2H3;4-6,8,10-15H,2-3,7,9H2,1H3. The number of aryl methyl sites for hydroxylation is 3. The maximum atomic E-state index is 4.64. The highest BCUT2D eigenvalue weighted by Crippen LogP contribution is 2.34. The number of rotatable bonds is 4. The fourth-order valence-electron chi connectivity index (χ4n) is 8.10. The highest BCUT2D eigenvalue weighted by molar-refractivity contribution is 5.87. The molecule has 7 heteroatoms. The summed E-state index contributed by atoms with van der Waals surface area (Å²) in [5.41, 5.74) is 15.4. The molecule has 10 rings (SSSR count). The second kappa shape index (κ2) is 13.9. The molecule has 0 atom stereocenters. The van der Waals surface area contributed by atoms with Gasteiger partial charge >= 0.3 is 0 Å². The van der Waals surface area contributed by atoms with Crippen molar-refractivity contribution in [1.82, 2.24) is 34.4 Å². The summed E-state index contributed by atoms with van der Waals surface area (Å²) < 4.78 is 3.89. The van der Waals surface area contributed by atoms with Gasteiger partial charge in [-0.1, -0.05) is 72.8 Å². The van der Waals surface area contributed by atoms with E-state index in [4.69, 9.17) is 0 Å². The largest absolute Gasteiger partial charge is 0.302 e. The fourth-order valence-corrected chi connectivity index (χ4v) is 8.10. The van der Waals surface area contributed by atoms with Gasteiger partial charge in [-0.05, 0) is 134 Å². The molecule has 262 valence electrons. The van der Waals surface area contributed by atoms with E-state index in [1.54, 1.807) is 0 Å². The summed E-state index contributed by atoms with van der Waals surface area (Å²) in [4.78, 5) is 11.7. The Balaban J connectivity index is 0.000000141. The molecule has 0 saturated heterocycles. The number of hydrogen-bond donors (Lipinski definition) is 0. The van der Waals surface area contributed by atoms with Crippen molar-refractivity contribution in [2.24, 2.45) is 0 Å². The zero-order valence-corrected chi connectivity index (χ0v) is 30.6. The Morgan fingerprint density at radius 2 is 1.06 bits per heavy atom. The SMILES string of the molecule is Cc1cccc(-n2ncc3ccc(-c4cccc5c4CCCC5)cc32)n1.Cc1cccc(-n2ncc3ccc(-c4cccc5c4CCN(C)C5)cc32)n1. The first-order valence-corrected chi connectivity index (χ1v) is 18.7. The molecule has 2 aliphatic rings. The normalized spacial score (nSPS) is 14.1. The van der Waals surface area contributed by atoms with Gasteiger partial charge in [0.15, 0.2) is 11.6 Å². The summed E-state index contributed by atoms with van der Waals surface area (Å²) in [5, 5.41) is 11.4. The van der Waals surface area contributed by atoms with Gasteiger partial charge in [-0.25, -0.2) is 19.3 Å². The molecule has 0 amide bonds. The molecule has 0 radical (unpaired) electrons. The van der Waals surface area contributed by atoms with E-state index in [1.807, 2.05) is 72.0 Å². The van der Waals surface area contributed by atoms with Crippen molar-refractivity contribution in [3.8, 4) is 33.9 Å². The smallest absolute Gasteiger partial charge is 0.154 e. The van der Waals surface area contributed by atoms with Crippen molar-refractivity contribution < 1.29 is 0 Å². The second-order valence-electron chi connectivity index (χ2n) is 14.5. The zero-order chi connectivity index (χ0) is 35.9. The minimum Gasteiger partial charge on any atom is -0.302 e. The highest BCUT2D eigenvalue weighted by atomic mass is 15.3. The van der Waals surface area contributed by atoms with Crippen molar-refractivity contribution in [1.29, 1.82) is 0 Å². The van der Waals surface area contributed by atoms with E-state index in [2.05, 4.69) is 105 Å². The van der Waals surface area contributed by atoms with Gasteiger partial charge in [-0.3, -0.25) is 0 Å². The van der Waals surface area contributed by atoms with Gasteiger partial charge in [0.1, 0.15) is 0 Å². The van der Waals surface area contributed by atoms with Crippen molar-refractivity contribution in [3.05, 3.63) is 155 Å². The van der Waals surface area contributed by atoms with Crippen LogP contribution in [-0.2, 0) is 25.8 Å². The molecule has 0 saturated carbocycles. The maximum Gasteiger partial charge on any atom is 0.154 e. The van der Waals surface area contributed by atoms with E-state index in [0.29, 0.717) is 0 Å². The quantitative estimate of drug-likeness (QED) is 0.184. The van der Waals surface area contributed by atoms with Crippen LogP contribution < -0.4 is 0 Å². The lowest BCUT2D eigenvalue weighted by Crippen LogP contribution is -2.26. The van der Waals surface area contributed by atoms with Crippen LogP contribution in [0.1, 0.15) is 46.5 Å². The molecule has 4 aromatic heterocycles. The van der Waals surface area contributed by atoms with E-state index in [9.17, 15) is 0 Å². The van der Waals surface area contributed by atoms with E-state index < -0.39 is 0 Å². The first kappa shape index (κ1) is 33.0. The average Bonchev–Trinajstić information content (AvgIpc) is 3.82. The van der Waals surface area contributed by atoms with Crippen LogP contribution in [0, 0.1) is 13.8 Å². The van der Waals surface area contributed by atoms with Crippen molar-refractivity contribution in [2.75, 3.05) is 13.6 Å². The molecule has 0 unspecified atom stereocenters. The Morgan fingerprint density at radius 3 is 1.64 bits per heavy atom. The lowest BCUT2D eigenvalue weighted by molar-refractivity contribution is 0.313. The Kier molecular flexibility index (Phi) is 8.64. The summed E-state index contributed by atoms with van der Waals surface area (Å²) in [5.74, 6) is 1.73. The molecule has 4 aromatic carbocycles. The summed E-state index contributed by atoms with van der Waals surface area (Å²) >= 11 is 0. The van der Waals surface area contributed by atoms with Crippen LogP contribution in [-0.4, -0.2) is 48.0 Å². The average molecular weight is 694 g/mol. The molecular weight excluding hydrogens is 651 g/mol. The molecule has 8 aromatic rings. The topological polar surface area (TPSA) is 64.7 Å². The van der Waals surface area contributed by atoms with E-state index >= 15 is 0 Å². The third kappa shape index (κ3) is 6.42. The first-order valence-electron chi connectivity index (χ1n) is 18.7. The van der Waals surface area contributed by atoms with Crippen molar-refractivity contribution in [2.45, 2.75) is 52.5 Å². The molecular formula is C46H43N7. The molecule has 1 aliphatic carbocycles. The molecule has 7 nitrogen and oxygen atoms in total. The number of nitrogens with zero attached hydrogens (tertiary/aromatic N) is 7. The maximum absolute atomic E-state index is 4.64. The second-order valence-corrected chi connectivity index (χ2v) is 14.5. The predicted octanol–water partition coefficient (Wildman–Crippen LogP) is 9.66. The third-order valence-corrected chi connectivity index (χ3v) is 10.8. The number of likely N-dealkylation sites (N-methyl/N-ethyl adjacent to an activating group) is 1. The number of aromatic nitrogens is 6. The van der Waals surface area contributed by atoms with Crippen LogP contribution in [0.2, 0.25) is 0 Å². The van der Waals surface area contributed by atoms with Gasteiger partial charge in [0.2, 0.25) is 0 Å². The molecule has 0 fully saturated rings. The van der Waals surface area contributed by atoms with E-state index in [0.717, 1.165) is 64.3 Å². The van der Waals surface area contributed by atoms with Crippen LogP contribution in [0.3, 0.4) is 0 Å². The summed E-state index contributed by atoms with van der Waals surface area (Å²) in [6.07, 6.45) is 9.92. The number of benzene rings is 4. The molecule has 0 spiro atoms. The van der Waals surface area contributed by atoms with Gasteiger partial charge in [0, 0.05) is 35.2 Å². The van der Waals surface area contributed by atoms with Crippen LogP contribution >= 0.6 is 0 Å². The van der Waals surface area contributed by atoms with Crippen molar-refractivity contribution in [3.63, 3.8) is 0 Å². The van der Waals surface area contributed by atoms with Gasteiger partial charge in [0.05, 0.1) is 23.4 Å². The Labute approximate surface area is 310 Å². The molecule has 1 aliphatic heterocycles. The van der Waals surface area contributed by atoms with Gasteiger partial charge < -0.3 is 4.90 Å². The lowest BCUT2D eigenvalue weighted by Gasteiger charge is -2.27. The van der Waals surface area contributed by atoms with E-state index in [1.165, 1.54) is 70.2 Å². The first-order chi connectivity index (χ1) is 26.0. The summed E-state index contributed by atoms with van der Waals surface area (Å²) in [7, 11) is 2.19. The van der Waals surface area contributed by atoms with Crippen LogP contribution in [0.25, 0.3) is 55.7 Å². The summed E-state index contributed by atoms with van der Waals surface area (Å²) in [6, 6.07) is 38.8.